The number of hydrogen-bond acceptors (Lipinski definition) is 2. The molecule has 0 atom stereocenters. The van der Waals surface area contributed by atoms with Crippen molar-refractivity contribution in [2.45, 2.75) is 13.5 Å². The molecule has 3 heteroatoms. The van der Waals surface area contributed by atoms with E-state index >= 15 is 0 Å². The van der Waals surface area contributed by atoms with Gasteiger partial charge in [-0.1, -0.05) is 35.9 Å². The summed E-state index contributed by atoms with van der Waals surface area (Å²) in [5.74, 6) is 0.0594. The average molecular weight is 260 g/mol. The summed E-state index contributed by atoms with van der Waals surface area (Å²) in [5.41, 5.74) is 2.64. The molecule has 2 nitrogen and oxygen atoms in total. The molecule has 0 amide bonds. The molecule has 0 spiro atoms. The lowest BCUT2D eigenvalue weighted by molar-refractivity contribution is 0.101. The molecule has 2 aromatic carbocycles. The molecule has 0 saturated heterocycles. The van der Waals surface area contributed by atoms with Gasteiger partial charge in [0.05, 0.1) is 0 Å². The fourth-order valence-corrected chi connectivity index (χ4v) is 2.00. The van der Waals surface area contributed by atoms with Crippen LogP contribution in [0.25, 0.3) is 0 Å². The van der Waals surface area contributed by atoms with Crippen LogP contribution in [0, 0.1) is 0 Å². The van der Waals surface area contributed by atoms with Gasteiger partial charge < -0.3 is 5.32 Å². The van der Waals surface area contributed by atoms with E-state index in [9.17, 15) is 4.79 Å². The topological polar surface area (TPSA) is 29.1 Å². The average Bonchev–Trinajstić information content (AvgIpc) is 2.37. The van der Waals surface area contributed by atoms with Gasteiger partial charge in [-0.25, -0.2) is 0 Å². The first kappa shape index (κ1) is 12.7. The fraction of sp³-hybridized carbons (Fsp3) is 0.133. The van der Waals surface area contributed by atoms with Crippen LogP contribution < -0.4 is 5.32 Å². The Kier molecular flexibility index (Phi) is 4.00. The predicted octanol–water partition coefficient (Wildman–Crippen LogP) is 4.15. The largest absolute Gasteiger partial charge is 0.380 e. The van der Waals surface area contributed by atoms with Gasteiger partial charge >= 0.3 is 0 Å². The highest BCUT2D eigenvalue weighted by Gasteiger charge is 2.05. The number of hydrogen-bond donors (Lipinski definition) is 1. The number of Topliss-reactive ketones (excluding diaryl/α,β-unsaturated/α-hetero) is 1. The number of para-hydroxylation sites is 1. The van der Waals surface area contributed by atoms with Crippen LogP contribution in [-0.4, -0.2) is 5.78 Å². The number of nitrogens with one attached hydrogen (secondary N) is 1. The first-order chi connectivity index (χ1) is 8.66. The predicted molar refractivity (Wildman–Crippen MR) is 75.2 cm³/mol. The van der Waals surface area contributed by atoms with Crippen LogP contribution in [0.15, 0.2) is 48.5 Å². The van der Waals surface area contributed by atoms with E-state index in [0.717, 1.165) is 11.3 Å². The lowest BCUT2D eigenvalue weighted by Crippen LogP contribution is -2.04. The van der Waals surface area contributed by atoms with E-state index in [1.807, 2.05) is 48.5 Å². The quantitative estimate of drug-likeness (QED) is 0.836. The van der Waals surface area contributed by atoms with Crippen molar-refractivity contribution >= 4 is 23.1 Å². The molecule has 0 fully saturated rings. The Balaban J connectivity index is 2.13. The van der Waals surface area contributed by atoms with Gasteiger partial charge in [-0.3, -0.25) is 4.79 Å². The van der Waals surface area contributed by atoms with Gasteiger partial charge in [0, 0.05) is 22.8 Å². The summed E-state index contributed by atoms with van der Waals surface area (Å²) in [6, 6.07) is 15.2. The molecule has 0 bridgehead atoms. The second kappa shape index (κ2) is 5.69. The third-order valence-corrected chi connectivity index (χ3v) is 2.91. The Labute approximate surface area is 112 Å². The molecule has 0 aromatic heterocycles. The van der Waals surface area contributed by atoms with Gasteiger partial charge in [0.1, 0.15) is 0 Å². The summed E-state index contributed by atoms with van der Waals surface area (Å²) >= 11 is 5.93. The van der Waals surface area contributed by atoms with Crippen molar-refractivity contribution in [3.63, 3.8) is 0 Å². The van der Waals surface area contributed by atoms with Crippen LogP contribution in [0.1, 0.15) is 22.8 Å². The third-order valence-electron chi connectivity index (χ3n) is 2.68. The molecular formula is C15H14ClNO. The maximum absolute atomic E-state index is 11.5. The van der Waals surface area contributed by atoms with Crippen molar-refractivity contribution in [1.82, 2.24) is 0 Å². The second-order valence-electron chi connectivity index (χ2n) is 4.09. The van der Waals surface area contributed by atoms with Crippen LogP contribution in [0.2, 0.25) is 5.02 Å². The number of rotatable bonds is 4. The summed E-state index contributed by atoms with van der Waals surface area (Å²) in [6.45, 7) is 2.21. The van der Waals surface area contributed by atoms with Crippen molar-refractivity contribution in [1.29, 1.82) is 0 Å². The van der Waals surface area contributed by atoms with Crippen molar-refractivity contribution in [2.24, 2.45) is 0 Å². The normalized spacial score (nSPS) is 10.1. The molecule has 92 valence electrons. The maximum Gasteiger partial charge on any atom is 0.161 e. The molecule has 0 aliphatic rings. The molecule has 0 aliphatic carbocycles. The number of carbonyl (C=O) groups is 1. The Bertz CT molecular complexity index is 566. The van der Waals surface area contributed by atoms with Gasteiger partial charge in [-0.05, 0) is 36.8 Å². The van der Waals surface area contributed by atoms with E-state index in [1.165, 1.54) is 0 Å². The van der Waals surface area contributed by atoms with Crippen molar-refractivity contribution < 1.29 is 4.79 Å². The van der Waals surface area contributed by atoms with E-state index in [2.05, 4.69) is 5.32 Å². The van der Waals surface area contributed by atoms with Gasteiger partial charge in [0.25, 0.3) is 0 Å². The number of ketones is 1. The summed E-state index contributed by atoms with van der Waals surface area (Å²) in [5, 5.41) is 3.98. The Morgan fingerprint density at radius 1 is 1.17 bits per heavy atom. The monoisotopic (exact) mass is 259 g/mol. The van der Waals surface area contributed by atoms with Gasteiger partial charge in [0.15, 0.2) is 5.78 Å². The molecule has 0 saturated carbocycles. The van der Waals surface area contributed by atoms with Crippen LogP contribution in [0.5, 0.6) is 0 Å². The van der Waals surface area contributed by atoms with Crippen molar-refractivity contribution in [3.05, 3.63) is 64.7 Å². The molecule has 0 heterocycles. The zero-order chi connectivity index (χ0) is 13.0. The van der Waals surface area contributed by atoms with Gasteiger partial charge in [0.2, 0.25) is 0 Å². The first-order valence-corrected chi connectivity index (χ1v) is 6.13. The number of halogens is 1. The fourth-order valence-electron chi connectivity index (χ4n) is 1.79. The summed E-state index contributed by atoms with van der Waals surface area (Å²) in [6.07, 6.45) is 0. The van der Waals surface area contributed by atoms with Crippen LogP contribution in [0.3, 0.4) is 0 Å². The SMILES string of the molecule is CC(=O)c1ccccc1NCc1cccc(Cl)c1. The Morgan fingerprint density at radius 2 is 1.94 bits per heavy atom. The molecular weight excluding hydrogens is 246 g/mol. The number of benzene rings is 2. The Hall–Kier alpha value is -1.80. The number of anilines is 1. The zero-order valence-corrected chi connectivity index (χ0v) is 10.9. The summed E-state index contributed by atoms with van der Waals surface area (Å²) in [7, 11) is 0. The maximum atomic E-state index is 11.5. The highest BCUT2D eigenvalue weighted by molar-refractivity contribution is 6.30. The third kappa shape index (κ3) is 3.11. The molecule has 2 aromatic rings. The highest BCUT2D eigenvalue weighted by Crippen LogP contribution is 2.17. The molecule has 18 heavy (non-hydrogen) atoms. The molecule has 0 unspecified atom stereocenters. The minimum Gasteiger partial charge on any atom is -0.380 e. The number of carbonyl (C=O) groups excluding carboxylic acids is 1. The Morgan fingerprint density at radius 3 is 2.67 bits per heavy atom. The van der Waals surface area contributed by atoms with E-state index in [4.69, 9.17) is 11.6 Å². The lowest BCUT2D eigenvalue weighted by Gasteiger charge is -2.10. The van der Waals surface area contributed by atoms with Crippen LogP contribution >= 0.6 is 11.6 Å². The van der Waals surface area contributed by atoms with E-state index in [1.54, 1.807) is 6.92 Å². The molecule has 0 radical (unpaired) electrons. The second-order valence-corrected chi connectivity index (χ2v) is 4.52. The summed E-state index contributed by atoms with van der Waals surface area (Å²) in [4.78, 5) is 11.5. The summed E-state index contributed by atoms with van der Waals surface area (Å²) < 4.78 is 0. The molecule has 0 aliphatic heterocycles. The molecule has 2 rings (SSSR count). The van der Waals surface area contributed by atoms with E-state index in [0.29, 0.717) is 17.1 Å². The standard InChI is InChI=1S/C15H14ClNO/c1-11(18)14-7-2-3-8-15(14)17-10-12-5-4-6-13(16)9-12/h2-9,17H,10H2,1H3. The van der Waals surface area contributed by atoms with Crippen LogP contribution in [0.4, 0.5) is 5.69 Å². The first-order valence-electron chi connectivity index (χ1n) is 5.75. The molecule has 1 N–H and O–H groups in total. The van der Waals surface area contributed by atoms with Crippen molar-refractivity contribution in [2.75, 3.05) is 5.32 Å². The van der Waals surface area contributed by atoms with E-state index in [-0.39, 0.29) is 5.78 Å². The zero-order valence-electron chi connectivity index (χ0n) is 10.1. The van der Waals surface area contributed by atoms with Crippen molar-refractivity contribution in [3.8, 4) is 0 Å². The van der Waals surface area contributed by atoms with Crippen LogP contribution in [-0.2, 0) is 6.54 Å². The smallest absolute Gasteiger partial charge is 0.161 e. The lowest BCUT2D eigenvalue weighted by atomic mass is 10.1. The highest BCUT2D eigenvalue weighted by atomic mass is 35.5. The van der Waals surface area contributed by atoms with Gasteiger partial charge in [-0.15, -0.1) is 0 Å². The minimum atomic E-state index is 0.0594. The van der Waals surface area contributed by atoms with E-state index < -0.39 is 0 Å². The van der Waals surface area contributed by atoms with Gasteiger partial charge in [-0.2, -0.15) is 0 Å². The minimum absolute atomic E-state index is 0.0594.